The zero-order chi connectivity index (χ0) is 16.1. The van der Waals surface area contributed by atoms with Gasteiger partial charge < -0.3 is 9.30 Å². The third kappa shape index (κ3) is 3.33. The Kier molecular flexibility index (Phi) is 5.62. The topological polar surface area (TPSA) is 83.1 Å². The standard InChI is InChI=1S/C13H15ClN4O3S/c1-17-12(15-16-13(17)22-8-4-7-14)9-5-3-6-10(21-2)11(9)18(19)20/h3,5-6H,4,7-8H2,1-2H3. The Morgan fingerprint density at radius 3 is 2.86 bits per heavy atom. The van der Waals surface area contributed by atoms with Crippen molar-refractivity contribution in [1.82, 2.24) is 14.8 Å². The Bertz CT molecular complexity index is 677. The molecule has 118 valence electrons. The van der Waals surface area contributed by atoms with Crippen molar-refractivity contribution in [2.24, 2.45) is 7.05 Å². The zero-order valence-electron chi connectivity index (χ0n) is 12.2. The molecule has 0 saturated carbocycles. The van der Waals surface area contributed by atoms with Crippen molar-refractivity contribution in [3.05, 3.63) is 28.3 Å². The van der Waals surface area contributed by atoms with E-state index in [2.05, 4.69) is 10.2 Å². The Balaban J connectivity index is 2.42. The van der Waals surface area contributed by atoms with Gasteiger partial charge in [-0.25, -0.2) is 0 Å². The summed E-state index contributed by atoms with van der Waals surface area (Å²) in [6.07, 6.45) is 0.855. The number of hydrogen-bond donors (Lipinski definition) is 0. The van der Waals surface area contributed by atoms with Gasteiger partial charge in [-0.1, -0.05) is 17.8 Å². The van der Waals surface area contributed by atoms with Gasteiger partial charge in [-0.3, -0.25) is 10.1 Å². The molecule has 22 heavy (non-hydrogen) atoms. The highest BCUT2D eigenvalue weighted by atomic mass is 35.5. The van der Waals surface area contributed by atoms with Gasteiger partial charge in [0.2, 0.25) is 0 Å². The SMILES string of the molecule is COc1cccc(-c2nnc(SCCCCl)n2C)c1[N+](=O)[O-]. The highest BCUT2D eigenvalue weighted by molar-refractivity contribution is 7.99. The predicted molar refractivity (Wildman–Crippen MR) is 85.7 cm³/mol. The molecule has 0 amide bonds. The fourth-order valence-corrected chi connectivity index (χ4v) is 3.09. The van der Waals surface area contributed by atoms with E-state index in [0.717, 1.165) is 12.2 Å². The van der Waals surface area contributed by atoms with Crippen molar-refractivity contribution in [3.63, 3.8) is 0 Å². The number of thioether (sulfide) groups is 1. The summed E-state index contributed by atoms with van der Waals surface area (Å²) in [5.41, 5.74) is 0.265. The van der Waals surface area contributed by atoms with E-state index in [1.54, 1.807) is 29.8 Å². The number of ether oxygens (including phenoxy) is 1. The summed E-state index contributed by atoms with van der Waals surface area (Å²) in [6.45, 7) is 0. The lowest BCUT2D eigenvalue weighted by Gasteiger charge is -2.07. The molecule has 1 heterocycles. The first-order valence-corrected chi connectivity index (χ1v) is 8.02. The van der Waals surface area contributed by atoms with Crippen LogP contribution in [0.1, 0.15) is 6.42 Å². The molecule has 0 aliphatic carbocycles. The fraction of sp³-hybridized carbons (Fsp3) is 0.385. The molecule has 0 saturated heterocycles. The molecular formula is C13H15ClN4O3S. The summed E-state index contributed by atoms with van der Waals surface area (Å²) < 4.78 is 6.81. The van der Waals surface area contributed by atoms with Crippen LogP contribution in [0, 0.1) is 10.1 Å². The fourth-order valence-electron chi connectivity index (χ4n) is 1.95. The van der Waals surface area contributed by atoms with Crippen LogP contribution in [0.3, 0.4) is 0 Å². The minimum atomic E-state index is -0.469. The van der Waals surface area contributed by atoms with E-state index in [4.69, 9.17) is 16.3 Å². The van der Waals surface area contributed by atoms with Crippen LogP contribution in [0.5, 0.6) is 5.75 Å². The summed E-state index contributed by atoms with van der Waals surface area (Å²) >= 11 is 7.17. The molecule has 0 bridgehead atoms. The van der Waals surface area contributed by atoms with Crippen molar-refractivity contribution in [2.75, 3.05) is 18.7 Å². The molecule has 2 rings (SSSR count). The van der Waals surface area contributed by atoms with E-state index in [0.29, 0.717) is 22.4 Å². The maximum atomic E-state index is 11.4. The first kappa shape index (κ1) is 16.6. The first-order chi connectivity index (χ1) is 10.6. The van der Waals surface area contributed by atoms with Gasteiger partial charge in [0, 0.05) is 18.7 Å². The number of nitrogens with zero attached hydrogens (tertiary/aromatic N) is 4. The number of nitro benzene ring substituents is 1. The molecule has 0 fully saturated rings. The highest BCUT2D eigenvalue weighted by Gasteiger charge is 2.25. The van der Waals surface area contributed by atoms with Crippen molar-refractivity contribution in [2.45, 2.75) is 11.6 Å². The number of rotatable bonds is 7. The minimum absolute atomic E-state index is 0.113. The molecule has 0 spiro atoms. The average molecular weight is 343 g/mol. The normalized spacial score (nSPS) is 10.7. The van der Waals surface area contributed by atoms with Crippen molar-refractivity contribution < 1.29 is 9.66 Å². The van der Waals surface area contributed by atoms with E-state index in [-0.39, 0.29) is 11.4 Å². The van der Waals surface area contributed by atoms with E-state index < -0.39 is 4.92 Å². The molecule has 0 unspecified atom stereocenters. The Morgan fingerprint density at radius 1 is 1.45 bits per heavy atom. The largest absolute Gasteiger partial charge is 0.490 e. The maximum absolute atomic E-state index is 11.4. The van der Waals surface area contributed by atoms with Gasteiger partial charge in [-0.2, -0.15) is 0 Å². The second-order valence-corrected chi connectivity index (χ2v) is 5.81. The lowest BCUT2D eigenvalue weighted by atomic mass is 10.1. The molecule has 9 heteroatoms. The number of nitro groups is 1. The number of alkyl halides is 1. The van der Waals surface area contributed by atoms with E-state index in [9.17, 15) is 10.1 Å². The molecular weight excluding hydrogens is 328 g/mol. The van der Waals surface area contributed by atoms with Gasteiger partial charge in [-0.05, 0) is 18.6 Å². The van der Waals surface area contributed by atoms with E-state index in [1.807, 2.05) is 0 Å². The zero-order valence-corrected chi connectivity index (χ0v) is 13.7. The van der Waals surface area contributed by atoms with Gasteiger partial charge >= 0.3 is 5.69 Å². The maximum Gasteiger partial charge on any atom is 0.321 e. The summed E-state index contributed by atoms with van der Waals surface area (Å²) in [4.78, 5) is 10.9. The summed E-state index contributed by atoms with van der Waals surface area (Å²) in [6, 6.07) is 4.88. The monoisotopic (exact) mass is 342 g/mol. The molecule has 7 nitrogen and oxygen atoms in total. The van der Waals surface area contributed by atoms with Crippen LogP contribution in [0.4, 0.5) is 5.69 Å². The average Bonchev–Trinajstić information content (AvgIpc) is 2.87. The lowest BCUT2D eigenvalue weighted by Crippen LogP contribution is -2.00. The lowest BCUT2D eigenvalue weighted by molar-refractivity contribution is -0.385. The van der Waals surface area contributed by atoms with Crippen LogP contribution in [-0.4, -0.2) is 38.4 Å². The van der Waals surface area contributed by atoms with E-state index >= 15 is 0 Å². The number of benzene rings is 1. The smallest absolute Gasteiger partial charge is 0.321 e. The Hall–Kier alpha value is -1.80. The Morgan fingerprint density at radius 2 is 2.23 bits per heavy atom. The van der Waals surface area contributed by atoms with Crippen molar-refractivity contribution in [1.29, 1.82) is 0 Å². The van der Waals surface area contributed by atoms with Crippen LogP contribution in [0.15, 0.2) is 23.4 Å². The number of methoxy groups -OCH3 is 1. The quantitative estimate of drug-likeness (QED) is 0.253. The van der Waals surface area contributed by atoms with Crippen molar-refractivity contribution >= 4 is 29.1 Å². The summed E-state index contributed by atoms with van der Waals surface area (Å²) in [5.74, 6) is 2.02. The van der Waals surface area contributed by atoms with Gasteiger partial charge in [0.25, 0.3) is 0 Å². The van der Waals surface area contributed by atoms with Crippen LogP contribution < -0.4 is 4.74 Å². The third-order valence-corrected chi connectivity index (χ3v) is 4.36. The van der Waals surface area contributed by atoms with Gasteiger partial charge in [0.15, 0.2) is 16.7 Å². The minimum Gasteiger partial charge on any atom is -0.490 e. The summed E-state index contributed by atoms with van der Waals surface area (Å²) in [5, 5.41) is 20.2. The number of halogens is 1. The van der Waals surface area contributed by atoms with Crippen LogP contribution in [0.2, 0.25) is 0 Å². The van der Waals surface area contributed by atoms with Gasteiger partial charge in [0.1, 0.15) is 5.56 Å². The van der Waals surface area contributed by atoms with E-state index in [1.165, 1.54) is 18.9 Å². The van der Waals surface area contributed by atoms with Crippen LogP contribution in [-0.2, 0) is 7.05 Å². The van der Waals surface area contributed by atoms with Crippen molar-refractivity contribution in [3.8, 4) is 17.1 Å². The first-order valence-electron chi connectivity index (χ1n) is 6.50. The molecule has 1 aromatic carbocycles. The molecule has 1 aromatic heterocycles. The molecule has 0 aliphatic rings. The second kappa shape index (κ2) is 7.46. The number of aromatic nitrogens is 3. The second-order valence-electron chi connectivity index (χ2n) is 4.37. The van der Waals surface area contributed by atoms with Gasteiger partial charge in [-0.15, -0.1) is 21.8 Å². The Labute approximate surface area is 136 Å². The predicted octanol–water partition coefficient (Wildman–Crippen LogP) is 3.12. The summed E-state index contributed by atoms with van der Waals surface area (Å²) in [7, 11) is 3.18. The molecule has 0 radical (unpaired) electrons. The molecule has 0 aliphatic heterocycles. The van der Waals surface area contributed by atoms with Crippen LogP contribution in [0.25, 0.3) is 11.4 Å². The van der Waals surface area contributed by atoms with Gasteiger partial charge in [0.05, 0.1) is 12.0 Å². The van der Waals surface area contributed by atoms with Crippen LogP contribution >= 0.6 is 23.4 Å². The molecule has 2 aromatic rings. The number of hydrogen-bond acceptors (Lipinski definition) is 6. The highest BCUT2D eigenvalue weighted by Crippen LogP contribution is 2.37. The molecule has 0 N–H and O–H groups in total. The molecule has 0 atom stereocenters. The third-order valence-electron chi connectivity index (χ3n) is 2.99. The number of para-hydroxylation sites is 1.